The molecule has 1 aromatic rings. The molecule has 2 aliphatic heterocycles. The summed E-state index contributed by atoms with van der Waals surface area (Å²) in [6.07, 6.45) is -0.336. The highest BCUT2D eigenvalue weighted by Gasteiger charge is 2.38. The van der Waals surface area contributed by atoms with Gasteiger partial charge in [0.2, 0.25) is 0 Å². The van der Waals surface area contributed by atoms with E-state index in [4.69, 9.17) is 4.74 Å². The molecule has 0 saturated carbocycles. The summed E-state index contributed by atoms with van der Waals surface area (Å²) in [5.41, 5.74) is 1.60. The monoisotopic (exact) mass is 393 g/mol. The fourth-order valence-corrected chi connectivity index (χ4v) is 3.72. The Hall–Kier alpha value is -2.13. The number of ether oxygens (including phenoxy) is 1. The molecule has 2 amide bonds. The molecule has 0 bridgehead atoms. The van der Waals surface area contributed by atoms with E-state index in [-0.39, 0.29) is 18.0 Å². The molecule has 2 aliphatic rings. The van der Waals surface area contributed by atoms with Crippen LogP contribution in [0.3, 0.4) is 0 Å². The zero-order valence-electron chi connectivity index (χ0n) is 17.6. The molecule has 3 heterocycles. The van der Waals surface area contributed by atoms with Crippen LogP contribution in [0.25, 0.3) is 0 Å². The molecule has 3 rings (SSSR count). The Kier molecular flexibility index (Phi) is 5.42. The largest absolute Gasteiger partial charge is 0.444 e. The average molecular weight is 393 g/mol. The number of amides is 2. The highest BCUT2D eigenvalue weighted by atomic mass is 16.6. The number of nitrogens with zero attached hydrogens (tertiary/aromatic N) is 5. The van der Waals surface area contributed by atoms with Gasteiger partial charge in [0.15, 0.2) is 0 Å². The van der Waals surface area contributed by atoms with Gasteiger partial charge in [0.05, 0.1) is 24.9 Å². The number of carbonyl (C=O) groups excluding carboxylic acids is 2. The molecule has 0 radical (unpaired) electrons. The third-order valence-electron chi connectivity index (χ3n) is 5.08. The molecular weight excluding hydrogens is 362 g/mol. The molecule has 1 N–H and O–H groups in total. The van der Waals surface area contributed by atoms with Crippen molar-refractivity contribution in [3.05, 3.63) is 17.0 Å². The first-order valence-corrected chi connectivity index (χ1v) is 9.77. The summed E-state index contributed by atoms with van der Waals surface area (Å²) >= 11 is 0. The van der Waals surface area contributed by atoms with Gasteiger partial charge in [-0.25, -0.2) is 9.80 Å². The minimum Gasteiger partial charge on any atom is -0.444 e. The highest BCUT2D eigenvalue weighted by molar-refractivity contribution is 5.94. The lowest BCUT2D eigenvalue weighted by Gasteiger charge is -2.35. The average Bonchev–Trinajstić information content (AvgIpc) is 2.86. The summed E-state index contributed by atoms with van der Waals surface area (Å²) < 4.78 is 7.29. The zero-order chi connectivity index (χ0) is 20.8. The van der Waals surface area contributed by atoms with Crippen LogP contribution in [0.1, 0.15) is 56.4 Å². The topological polar surface area (TPSA) is 91.1 Å². The van der Waals surface area contributed by atoms with E-state index in [2.05, 4.69) is 5.10 Å². The van der Waals surface area contributed by atoms with E-state index in [1.807, 2.05) is 32.7 Å². The van der Waals surface area contributed by atoms with E-state index in [1.54, 1.807) is 28.6 Å². The van der Waals surface area contributed by atoms with Crippen LogP contribution in [0.5, 0.6) is 0 Å². The minimum absolute atomic E-state index is 0.0546. The van der Waals surface area contributed by atoms with Crippen molar-refractivity contribution in [1.29, 1.82) is 0 Å². The maximum Gasteiger partial charge on any atom is 0.410 e. The second-order valence-electron chi connectivity index (χ2n) is 8.75. The first kappa shape index (κ1) is 20.6. The summed E-state index contributed by atoms with van der Waals surface area (Å²) in [6.45, 7) is 11.0. The van der Waals surface area contributed by atoms with Gasteiger partial charge in [-0.05, 0) is 34.6 Å². The fraction of sp³-hybridized carbons (Fsp3) is 0.737. The van der Waals surface area contributed by atoms with Crippen LogP contribution in [-0.4, -0.2) is 79.7 Å². The zero-order valence-corrected chi connectivity index (χ0v) is 17.6. The van der Waals surface area contributed by atoms with Crippen LogP contribution in [0.4, 0.5) is 4.79 Å². The van der Waals surface area contributed by atoms with Gasteiger partial charge >= 0.3 is 6.09 Å². The number of hydrogen-bond acceptors (Lipinski definition) is 6. The van der Waals surface area contributed by atoms with Gasteiger partial charge in [-0.2, -0.15) is 5.10 Å². The van der Waals surface area contributed by atoms with Gasteiger partial charge in [0.1, 0.15) is 11.3 Å². The molecule has 2 atom stereocenters. The second kappa shape index (κ2) is 7.36. The van der Waals surface area contributed by atoms with E-state index >= 15 is 0 Å². The second-order valence-corrected chi connectivity index (χ2v) is 8.75. The minimum atomic E-state index is -0.579. The highest BCUT2D eigenvalue weighted by Crippen LogP contribution is 2.29. The molecule has 28 heavy (non-hydrogen) atoms. The van der Waals surface area contributed by atoms with E-state index < -0.39 is 11.7 Å². The van der Waals surface area contributed by atoms with Crippen molar-refractivity contribution in [3.8, 4) is 0 Å². The summed E-state index contributed by atoms with van der Waals surface area (Å²) in [6, 6.07) is -0.0546. The fourth-order valence-electron chi connectivity index (χ4n) is 3.72. The standard InChI is InChI=1S/C19H31N5O4/c1-12-9-15-14(11-23(12)18(27)28-19(3,4)5)16-17(26)21(6)22(10-13(2)25)7-8-24(16)20-15/h12-13,25H,7-11H2,1-6H3/t12-,13?/m1/s1. The third kappa shape index (κ3) is 4.00. The van der Waals surface area contributed by atoms with Crippen molar-refractivity contribution in [3.63, 3.8) is 0 Å². The van der Waals surface area contributed by atoms with E-state index in [1.165, 1.54) is 0 Å². The van der Waals surface area contributed by atoms with Crippen LogP contribution in [0.15, 0.2) is 0 Å². The van der Waals surface area contributed by atoms with Crippen molar-refractivity contribution >= 4 is 12.0 Å². The Morgan fingerprint density at radius 2 is 2.04 bits per heavy atom. The maximum atomic E-state index is 13.2. The summed E-state index contributed by atoms with van der Waals surface area (Å²) in [7, 11) is 1.71. The Balaban J connectivity index is 1.89. The Morgan fingerprint density at radius 3 is 2.64 bits per heavy atom. The smallest absolute Gasteiger partial charge is 0.410 e. The number of carbonyl (C=O) groups is 2. The molecular formula is C19H31N5O4. The van der Waals surface area contributed by atoms with Gasteiger partial charge in [-0.1, -0.05) is 0 Å². The number of aromatic nitrogens is 2. The van der Waals surface area contributed by atoms with Gasteiger partial charge in [-0.3, -0.25) is 14.5 Å². The molecule has 0 aliphatic carbocycles. The Labute approximate surface area is 165 Å². The lowest BCUT2D eigenvalue weighted by Crippen LogP contribution is -2.47. The van der Waals surface area contributed by atoms with Gasteiger partial charge in [0.25, 0.3) is 5.91 Å². The van der Waals surface area contributed by atoms with Crippen LogP contribution in [0.2, 0.25) is 0 Å². The van der Waals surface area contributed by atoms with Crippen molar-refractivity contribution in [2.45, 2.75) is 71.9 Å². The normalized spacial score (nSPS) is 21.8. The van der Waals surface area contributed by atoms with Crippen LogP contribution in [0, 0.1) is 0 Å². The predicted octanol–water partition coefficient (Wildman–Crippen LogP) is 1.25. The summed E-state index contributed by atoms with van der Waals surface area (Å²) in [5.74, 6) is -0.175. The lowest BCUT2D eigenvalue weighted by atomic mass is 9.99. The number of hydrazine groups is 1. The number of hydrogen-bond donors (Lipinski definition) is 1. The molecule has 9 heteroatoms. The molecule has 9 nitrogen and oxygen atoms in total. The van der Waals surface area contributed by atoms with Crippen LogP contribution >= 0.6 is 0 Å². The van der Waals surface area contributed by atoms with Crippen molar-refractivity contribution in [2.24, 2.45) is 0 Å². The summed E-state index contributed by atoms with van der Waals surface area (Å²) in [5, 5.41) is 17.8. The maximum absolute atomic E-state index is 13.2. The molecule has 0 saturated heterocycles. The SMILES string of the molecule is CC(O)CN1CCn2nc3c(c2C(=O)N1C)CN(C(=O)OC(C)(C)C)[C@H](C)C3. The van der Waals surface area contributed by atoms with Crippen LogP contribution < -0.4 is 0 Å². The van der Waals surface area contributed by atoms with Crippen molar-refractivity contribution < 1.29 is 19.4 Å². The first-order chi connectivity index (χ1) is 13.0. The van der Waals surface area contributed by atoms with Crippen molar-refractivity contribution in [2.75, 3.05) is 20.1 Å². The number of aliphatic hydroxyl groups is 1. The van der Waals surface area contributed by atoms with E-state index in [0.717, 1.165) is 11.3 Å². The number of β-amino-alcohol motifs (C(OH)–C–C–N with tert-alkyl or cyclic N) is 1. The molecule has 1 aromatic heterocycles. The summed E-state index contributed by atoms with van der Waals surface area (Å²) in [4.78, 5) is 27.5. The predicted molar refractivity (Wildman–Crippen MR) is 103 cm³/mol. The molecule has 1 unspecified atom stereocenters. The van der Waals surface area contributed by atoms with Gasteiger partial charge in [-0.15, -0.1) is 0 Å². The number of rotatable bonds is 2. The quantitative estimate of drug-likeness (QED) is 0.813. The first-order valence-electron chi connectivity index (χ1n) is 9.77. The molecule has 0 aromatic carbocycles. The van der Waals surface area contributed by atoms with Crippen LogP contribution in [-0.2, 0) is 24.2 Å². The number of fused-ring (bicyclic) bond motifs is 3. The molecule has 156 valence electrons. The lowest BCUT2D eigenvalue weighted by molar-refractivity contribution is -0.0145. The Morgan fingerprint density at radius 1 is 1.36 bits per heavy atom. The van der Waals surface area contributed by atoms with E-state index in [0.29, 0.717) is 38.3 Å². The molecule has 0 spiro atoms. The molecule has 0 fully saturated rings. The van der Waals surface area contributed by atoms with Gasteiger partial charge in [0, 0.05) is 38.2 Å². The Bertz CT molecular complexity index is 767. The van der Waals surface area contributed by atoms with Gasteiger partial charge < -0.3 is 14.7 Å². The van der Waals surface area contributed by atoms with Crippen molar-refractivity contribution in [1.82, 2.24) is 24.7 Å². The number of aliphatic hydroxyl groups excluding tert-OH is 1. The third-order valence-corrected chi connectivity index (χ3v) is 5.08. The van der Waals surface area contributed by atoms with E-state index in [9.17, 15) is 14.7 Å².